The van der Waals surface area contributed by atoms with E-state index in [1.807, 2.05) is 19.1 Å². The van der Waals surface area contributed by atoms with Crippen LogP contribution in [0.5, 0.6) is 0 Å². The molecule has 98 valence electrons. The average molecular weight is 250 g/mol. The highest BCUT2D eigenvalue weighted by molar-refractivity contribution is 5.76. The number of rotatable bonds is 5. The van der Waals surface area contributed by atoms with Crippen molar-refractivity contribution < 1.29 is 0 Å². The van der Waals surface area contributed by atoms with Crippen LogP contribution >= 0.6 is 0 Å². The first-order chi connectivity index (χ1) is 9.08. The fourth-order valence-electron chi connectivity index (χ4n) is 1.66. The molecule has 0 saturated heterocycles. The normalized spacial score (nSPS) is 12.8. The van der Waals surface area contributed by atoms with Gasteiger partial charge in [-0.2, -0.15) is 0 Å². The molecule has 0 radical (unpaired) electrons. The van der Waals surface area contributed by atoms with E-state index in [9.17, 15) is 0 Å². The Kier molecular flexibility index (Phi) is 5.81. The first-order valence-corrected chi connectivity index (χ1v) is 6.48. The summed E-state index contributed by atoms with van der Waals surface area (Å²) in [6.45, 7) is 14.1. The highest BCUT2D eigenvalue weighted by atomic mass is 14.0. The average Bonchev–Trinajstić information content (AvgIpc) is 2.44. The Labute approximate surface area is 117 Å². The third kappa shape index (κ3) is 4.59. The number of hydrogen-bond donors (Lipinski definition) is 0. The summed E-state index contributed by atoms with van der Waals surface area (Å²) >= 11 is 0. The molecule has 1 aromatic rings. The molecule has 0 heteroatoms. The third-order valence-electron chi connectivity index (χ3n) is 3.06. The van der Waals surface area contributed by atoms with Crippen molar-refractivity contribution in [3.8, 4) is 0 Å². The van der Waals surface area contributed by atoms with Gasteiger partial charge in [0.05, 0.1) is 0 Å². The Hall–Kier alpha value is -2.08. The Bertz CT molecular complexity index is 551. The van der Waals surface area contributed by atoms with E-state index >= 15 is 0 Å². The van der Waals surface area contributed by atoms with E-state index in [-0.39, 0.29) is 0 Å². The molecule has 0 amide bonds. The Morgan fingerprint density at radius 2 is 1.79 bits per heavy atom. The Morgan fingerprint density at radius 3 is 2.42 bits per heavy atom. The maximum Gasteiger partial charge on any atom is -0.0184 e. The predicted octanol–water partition coefficient (Wildman–Crippen LogP) is 5.81. The Morgan fingerprint density at radius 1 is 1.11 bits per heavy atom. The molecule has 0 aliphatic rings. The van der Waals surface area contributed by atoms with E-state index in [4.69, 9.17) is 0 Å². The van der Waals surface area contributed by atoms with Crippen molar-refractivity contribution in [2.75, 3.05) is 0 Å². The minimum absolute atomic E-state index is 1.02. The van der Waals surface area contributed by atoms with Gasteiger partial charge in [-0.3, -0.25) is 0 Å². The van der Waals surface area contributed by atoms with Crippen molar-refractivity contribution in [1.82, 2.24) is 0 Å². The van der Waals surface area contributed by atoms with Gasteiger partial charge in [0.2, 0.25) is 0 Å². The summed E-state index contributed by atoms with van der Waals surface area (Å²) < 4.78 is 0. The van der Waals surface area contributed by atoms with E-state index in [0.717, 1.165) is 11.1 Å². The van der Waals surface area contributed by atoms with Gasteiger partial charge in [-0.25, -0.2) is 0 Å². The number of allylic oxidation sites excluding steroid dienone is 8. The molecule has 0 aliphatic carbocycles. The quantitative estimate of drug-likeness (QED) is 0.578. The maximum absolute atomic E-state index is 4.12. The molecule has 0 N–H and O–H groups in total. The van der Waals surface area contributed by atoms with E-state index in [1.165, 1.54) is 16.7 Å². The van der Waals surface area contributed by atoms with Crippen LogP contribution in [0.3, 0.4) is 0 Å². The van der Waals surface area contributed by atoms with E-state index in [0.29, 0.717) is 0 Å². The minimum atomic E-state index is 1.02. The molecular weight excluding hydrogens is 228 g/mol. The van der Waals surface area contributed by atoms with Crippen molar-refractivity contribution in [3.05, 3.63) is 84.5 Å². The van der Waals surface area contributed by atoms with E-state index in [1.54, 1.807) is 0 Å². The molecule has 0 aliphatic heterocycles. The van der Waals surface area contributed by atoms with Crippen LogP contribution in [0.2, 0.25) is 0 Å². The zero-order chi connectivity index (χ0) is 14.3. The summed E-state index contributed by atoms with van der Waals surface area (Å²) in [7, 11) is 0. The molecule has 19 heavy (non-hydrogen) atoms. The lowest BCUT2D eigenvalue weighted by Crippen LogP contribution is -1.84. The molecule has 0 fully saturated rings. The van der Waals surface area contributed by atoms with Crippen LogP contribution in [-0.2, 0) is 0 Å². The summed E-state index contributed by atoms with van der Waals surface area (Å²) in [6, 6.07) is 8.41. The monoisotopic (exact) mass is 250 g/mol. The zero-order valence-electron chi connectivity index (χ0n) is 12.1. The lowest BCUT2D eigenvalue weighted by atomic mass is 10.00. The van der Waals surface area contributed by atoms with E-state index in [2.05, 4.69) is 69.5 Å². The van der Waals surface area contributed by atoms with Crippen LogP contribution in [0.1, 0.15) is 31.9 Å². The highest BCUT2D eigenvalue weighted by Crippen LogP contribution is 2.20. The van der Waals surface area contributed by atoms with Gasteiger partial charge in [0.1, 0.15) is 0 Å². The lowest BCUT2D eigenvalue weighted by molar-refractivity contribution is 1.47. The highest BCUT2D eigenvalue weighted by Gasteiger charge is 1.99. The fraction of sp³-hybridized carbons (Fsp3) is 0.158. The molecule has 0 nitrogen and oxygen atoms in total. The van der Waals surface area contributed by atoms with Crippen LogP contribution in [0, 0.1) is 0 Å². The van der Waals surface area contributed by atoms with Gasteiger partial charge in [0, 0.05) is 0 Å². The van der Waals surface area contributed by atoms with Crippen LogP contribution in [-0.4, -0.2) is 0 Å². The lowest BCUT2D eigenvalue weighted by Gasteiger charge is -2.05. The second-order valence-corrected chi connectivity index (χ2v) is 4.56. The summed E-state index contributed by atoms with van der Waals surface area (Å²) in [4.78, 5) is 0. The van der Waals surface area contributed by atoms with Gasteiger partial charge in [0.25, 0.3) is 0 Å². The van der Waals surface area contributed by atoms with Gasteiger partial charge >= 0.3 is 0 Å². The standard InChI is InChI=1S/C19H22/c1-6-9-16(4)18-10-8-11-19(14-18)17(5)13-12-15(3)7-2/h6-14H,1,5H2,2-4H3/b13-12-,15-7-,16-9+. The fourth-order valence-corrected chi connectivity index (χ4v) is 1.66. The van der Waals surface area contributed by atoms with Crippen LogP contribution in [0.15, 0.2) is 73.4 Å². The molecule has 0 saturated carbocycles. The molecule has 0 atom stereocenters. The zero-order valence-corrected chi connectivity index (χ0v) is 12.1. The number of hydrogen-bond acceptors (Lipinski definition) is 0. The second-order valence-electron chi connectivity index (χ2n) is 4.56. The van der Waals surface area contributed by atoms with Gasteiger partial charge in [-0.15, -0.1) is 0 Å². The molecular formula is C19H22. The molecule has 1 aromatic carbocycles. The SMILES string of the molecule is C=C/C=C(\C)c1cccc(C(=C)/C=C\C(C)=C/C)c1. The molecule has 0 spiro atoms. The van der Waals surface area contributed by atoms with Crippen molar-refractivity contribution in [2.45, 2.75) is 20.8 Å². The smallest absolute Gasteiger partial charge is 0.0184 e. The molecule has 1 rings (SSSR count). The largest absolute Gasteiger partial charge is 0.0991 e. The van der Waals surface area contributed by atoms with Crippen LogP contribution < -0.4 is 0 Å². The summed E-state index contributed by atoms with van der Waals surface area (Å²) in [5.41, 5.74) is 5.82. The first kappa shape index (κ1) is 15.0. The van der Waals surface area contributed by atoms with Gasteiger partial charge < -0.3 is 0 Å². The second kappa shape index (κ2) is 7.38. The van der Waals surface area contributed by atoms with Gasteiger partial charge in [-0.1, -0.05) is 67.3 Å². The van der Waals surface area contributed by atoms with Crippen molar-refractivity contribution in [2.24, 2.45) is 0 Å². The topological polar surface area (TPSA) is 0 Å². The Balaban J connectivity index is 3.00. The summed E-state index contributed by atoms with van der Waals surface area (Å²) in [6.07, 6.45) is 10.0. The van der Waals surface area contributed by atoms with Gasteiger partial charge in [-0.05, 0) is 49.1 Å². The predicted molar refractivity (Wildman–Crippen MR) is 87.9 cm³/mol. The molecule has 0 bridgehead atoms. The van der Waals surface area contributed by atoms with Crippen LogP contribution in [0.4, 0.5) is 0 Å². The van der Waals surface area contributed by atoms with Crippen molar-refractivity contribution >= 4 is 11.1 Å². The molecule has 0 heterocycles. The van der Waals surface area contributed by atoms with E-state index < -0.39 is 0 Å². The van der Waals surface area contributed by atoms with Crippen molar-refractivity contribution in [3.63, 3.8) is 0 Å². The summed E-state index contributed by atoms with van der Waals surface area (Å²) in [5.74, 6) is 0. The molecule has 0 unspecified atom stereocenters. The first-order valence-electron chi connectivity index (χ1n) is 6.48. The van der Waals surface area contributed by atoms with Gasteiger partial charge in [0.15, 0.2) is 0 Å². The molecule has 0 aromatic heterocycles. The third-order valence-corrected chi connectivity index (χ3v) is 3.06. The summed E-state index contributed by atoms with van der Waals surface area (Å²) in [5, 5.41) is 0. The van der Waals surface area contributed by atoms with Crippen LogP contribution in [0.25, 0.3) is 11.1 Å². The van der Waals surface area contributed by atoms with Crippen molar-refractivity contribution in [1.29, 1.82) is 0 Å². The maximum atomic E-state index is 4.12. The minimum Gasteiger partial charge on any atom is -0.0991 e. The number of benzene rings is 1.